The number of hydrogen-bond acceptors (Lipinski definition) is 2. The molecule has 4 N–H and O–H groups in total. The van der Waals surface area contributed by atoms with E-state index in [-0.39, 0.29) is 17.2 Å². The van der Waals surface area contributed by atoms with Gasteiger partial charge in [-0.15, -0.1) is 0 Å². The first-order chi connectivity index (χ1) is 8.07. The second-order valence-electron chi connectivity index (χ2n) is 5.23. The lowest BCUT2D eigenvalue weighted by atomic mass is 9.75. The third-order valence-electron chi connectivity index (χ3n) is 3.91. The van der Waals surface area contributed by atoms with E-state index in [0.717, 1.165) is 44.9 Å². The van der Waals surface area contributed by atoms with E-state index >= 15 is 0 Å². The van der Waals surface area contributed by atoms with E-state index in [4.69, 9.17) is 11.5 Å². The van der Waals surface area contributed by atoms with Crippen LogP contribution in [0.25, 0.3) is 0 Å². The van der Waals surface area contributed by atoms with Gasteiger partial charge in [0.2, 0.25) is 11.8 Å². The molecule has 17 heavy (non-hydrogen) atoms. The fourth-order valence-corrected chi connectivity index (χ4v) is 2.79. The van der Waals surface area contributed by atoms with Crippen molar-refractivity contribution in [1.82, 2.24) is 0 Å². The van der Waals surface area contributed by atoms with Crippen molar-refractivity contribution >= 4 is 11.8 Å². The van der Waals surface area contributed by atoms with Crippen molar-refractivity contribution in [2.24, 2.45) is 16.9 Å². The van der Waals surface area contributed by atoms with Crippen LogP contribution < -0.4 is 11.5 Å². The third kappa shape index (κ3) is 4.36. The van der Waals surface area contributed by atoms with E-state index in [1.807, 2.05) is 0 Å². The Morgan fingerprint density at radius 1 is 0.941 bits per heavy atom. The van der Waals surface area contributed by atoms with Crippen LogP contribution in [-0.4, -0.2) is 11.8 Å². The van der Waals surface area contributed by atoms with Crippen LogP contribution in [0.3, 0.4) is 0 Å². The number of amides is 2. The van der Waals surface area contributed by atoms with Gasteiger partial charge >= 0.3 is 0 Å². The van der Waals surface area contributed by atoms with Crippen molar-refractivity contribution < 1.29 is 9.59 Å². The van der Waals surface area contributed by atoms with Crippen LogP contribution in [0.1, 0.15) is 64.2 Å². The molecule has 1 rings (SSSR count). The van der Waals surface area contributed by atoms with E-state index in [2.05, 4.69) is 0 Å². The minimum atomic E-state index is -0.311. The standard InChI is InChI=1S/C13H24N2O2/c14-11(16)7-3-6-10-13(12(15)17)8-4-1-2-5-9-13/h1-10H2,(H2,14,16)(H2,15,17). The topological polar surface area (TPSA) is 86.2 Å². The van der Waals surface area contributed by atoms with E-state index in [1.54, 1.807) is 0 Å². The lowest BCUT2D eigenvalue weighted by molar-refractivity contribution is -0.129. The van der Waals surface area contributed by atoms with Crippen LogP contribution in [0.2, 0.25) is 0 Å². The predicted octanol–water partition coefficient (Wildman–Crippen LogP) is 1.86. The van der Waals surface area contributed by atoms with Crippen molar-refractivity contribution in [3.05, 3.63) is 0 Å². The Hall–Kier alpha value is -1.06. The maximum absolute atomic E-state index is 11.7. The molecule has 0 aromatic rings. The molecular weight excluding hydrogens is 216 g/mol. The van der Waals surface area contributed by atoms with E-state index in [1.165, 1.54) is 12.8 Å². The summed E-state index contributed by atoms with van der Waals surface area (Å²) in [6.45, 7) is 0. The zero-order valence-corrected chi connectivity index (χ0v) is 10.5. The molecule has 0 radical (unpaired) electrons. The Bertz CT molecular complexity index is 269. The number of primary amides is 2. The van der Waals surface area contributed by atoms with E-state index in [0.29, 0.717) is 6.42 Å². The summed E-state index contributed by atoms with van der Waals surface area (Å²) in [5.41, 5.74) is 10.4. The smallest absolute Gasteiger partial charge is 0.223 e. The molecule has 2 amide bonds. The summed E-state index contributed by atoms with van der Waals surface area (Å²) in [5, 5.41) is 0. The second kappa shape index (κ2) is 6.62. The summed E-state index contributed by atoms with van der Waals surface area (Å²) >= 11 is 0. The Labute approximate surface area is 103 Å². The van der Waals surface area contributed by atoms with Gasteiger partial charge in [0.15, 0.2) is 0 Å². The molecule has 0 aromatic carbocycles. The average molecular weight is 240 g/mol. The molecule has 0 spiro atoms. The van der Waals surface area contributed by atoms with Crippen LogP contribution in [0.4, 0.5) is 0 Å². The molecule has 1 fully saturated rings. The van der Waals surface area contributed by atoms with E-state index < -0.39 is 0 Å². The summed E-state index contributed by atoms with van der Waals surface area (Å²) in [6, 6.07) is 0. The molecule has 0 aromatic heterocycles. The zero-order chi connectivity index (χ0) is 12.7. The summed E-state index contributed by atoms with van der Waals surface area (Å²) < 4.78 is 0. The molecular formula is C13H24N2O2. The molecule has 0 heterocycles. The van der Waals surface area contributed by atoms with Gasteiger partial charge in [-0.3, -0.25) is 9.59 Å². The fraction of sp³-hybridized carbons (Fsp3) is 0.846. The second-order valence-corrected chi connectivity index (χ2v) is 5.23. The Balaban J connectivity index is 2.46. The van der Waals surface area contributed by atoms with E-state index in [9.17, 15) is 9.59 Å². The average Bonchev–Trinajstić information content (AvgIpc) is 2.50. The normalized spacial score (nSPS) is 19.5. The SMILES string of the molecule is NC(=O)CCCCC1(C(N)=O)CCCCCC1. The van der Waals surface area contributed by atoms with Gasteiger partial charge < -0.3 is 11.5 Å². The summed E-state index contributed by atoms with van der Waals surface area (Å²) in [6.07, 6.45) is 9.29. The molecule has 1 aliphatic rings. The first-order valence-corrected chi connectivity index (χ1v) is 6.65. The summed E-state index contributed by atoms with van der Waals surface area (Å²) in [4.78, 5) is 22.3. The quantitative estimate of drug-likeness (QED) is 0.548. The largest absolute Gasteiger partial charge is 0.370 e. The molecule has 4 heteroatoms. The number of nitrogens with two attached hydrogens (primary N) is 2. The van der Waals surface area contributed by atoms with Gasteiger partial charge in [0.25, 0.3) is 0 Å². The molecule has 0 bridgehead atoms. The van der Waals surface area contributed by atoms with Gasteiger partial charge in [0, 0.05) is 11.8 Å². The van der Waals surface area contributed by atoms with Crippen LogP contribution in [0.5, 0.6) is 0 Å². The van der Waals surface area contributed by atoms with Gasteiger partial charge in [-0.1, -0.05) is 32.1 Å². The van der Waals surface area contributed by atoms with Gasteiger partial charge in [0.05, 0.1) is 0 Å². The summed E-state index contributed by atoms with van der Waals surface area (Å²) in [7, 11) is 0. The first kappa shape index (κ1) is 14.0. The molecule has 1 aliphatic carbocycles. The van der Waals surface area contributed by atoms with Crippen molar-refractivity contribution in [2.75, 3.05) is 0 Å². The van der Waals surface area contributed by atoms with Crippen LogP contribution in [-0.2, 0) is 9.59 Å². The third-order valence-corrected chi connectivity index (χ3v) is 3.91. The number of carbonyl (C=O) groups is 2. The minimum absolute atomic E-state index is 0.154. The molecule has 98 valence electrons. The number of hydrogen-bond donors (Lipinski definition) is 2. The predicted molar refractivity (Wildman–Crippen MR) is 67.0 cm³/mol. The molecule has 4 nitrogen and oxygen atoms in total. The first-order valence-electron chi connectivity index (χ1n) is 6.65. The van der Waals surface area contributed by atoms with Gasteiger partial charge in [-0.25, -0.2) is 0 Å². The maximum Gasteiger partial charge on any atom is 0.223 e. The lowest BCUT2D eigenvalue weighted by Gasteiger charge is -2.29. The van der Waals surface area contributed by atoms with Gasteiger partial charge in [-0.2, -0.15) is 0 Å². The molecule has 0 saturated heterocycles. The van der Waals surface area contributed by atoms with Gasteiger partial charge in [-0.05, 0) is 25.7 Å². The highest BCUT2D eigenvalue weighted by molar-refractivity contribution is 5.80. The van der Waals surface area contributed by atoms with Crippen molar-refractivity contribution in [2.45, 2.75) is 64.2 Å². The van der Waals surface area contributed by atoms with Crippen LogP contribution in [0, 0.1) is 5.41 Å². The minimum Gasteiger partial charge on any atom is -0.370 e. The number of unbranched alkanes of at least 4 members (excludes halogenated alkanes) is 1. The highest BCUT2D eigenvalue weighted by Crippen LogP contribution is 2.39. The maximum atomic E-state index is 11.7. The zero-order valence-electron chi connectivity index (χ0n) is 10.5. The molecule has 0 atom stereocenters. The van der Waals surface area contributed by atoms with Crippen molar-refractivity contribution in [1.29, 1.82) is 0 Å². The highest BCUT2D eigenvalue weighted by Gasteiger charge is 2.35. The summed E-state index contributed by atoms with van der Waals surface area (Å²) in [5.74, 6) is -0.419. The van der Waals surface area contributed by atoms with Crippen molar-refractivity contribution in [3.63, 3.8) is 0 Å². The Morgan fingerprint density at radius 3 is 2.00 bits per heavy atom. The van der Waals surface area contributed by atoms with Crippen molar-refractivity contribution in [3.8, 4) is 0 Å². The van der Waals surface area contributed by atoms with Crippen LogP contribution >= 0.6 is 0 Å². The number of carbonyl (C=O) groups excluding carboxylic acids is 2. The monoisotopic (exact) mass is 240 g/mol. The number of rotatable bonds is 6. The highest BCUT2D eigenvalue weighted by atomic mass is 16.1. The van der Waals surface area contributed by atoms with Crippen LogP contribution in [0.15, 0.2) is 0 Å². The molecule has 0 aliphatic heterocycles. The molecule has 1 saturated carbocycles. The Kier molecular flexibility index (Phi) is 5.45. The van der Waals surface area contributed by atoms with Gasteiger partial charge in [0.1, 0.15) is 0 Å². The molecule has 0 unspecified atom stereocenters. The lowest BCUT2D eigenvalue weighted by Crippen LogP contribution is -2.36. The Morgan fingerprint density at radius 2 is 1.53 bits per heavy atom. The fourth-order valence-electron chi connectivity index (χ4n) is 2.79.